The van der Waals surface area contributed by atoms with Crippen molar-refractivity contribution in [3.8, 4) is 50.7 Å². The third-order valence-electron chi connectivity index (χ3n) is 13.5. The van der Waals surface area contributed by atoms with Gasteiger partial charge in [-0.1, -0.05) is 188 Å². The number of rotatable bonds is 5. The lowest BCUT2D eigenvalue weighted by Crippen LogP contribution is -1.97. The van der Waals surface area contributed by atoms with Crippen LogP contribution in [0.15, 0.2) is 218 Å². The van der Waals surface area contributed by atoms with Crippen molar-refractivity contribution in [3.05, 3.63) is 218 Å². The number of pyridine rings is 1. The zero-order valence-corrected chi connectivity index (χ0v) is 35.1. The van der Waals surface area contributed by atoms with E-state index in [0.29, 0.717) is 5.82 Å². The first-order valence-corrected chi connectivity index (χ1v) is 22.2. The fraction of sp³-hybridized carbons (Fsp3) is 0. The van der Waals surface area contributed by atoms with Crippen LogP contribution in [0.4, 0.5) is 0 Å². The molecule has 0 unspecified atom stereocenters. The molecule has 4 nitrogen and oxygen atoms in total. The molecular weight excluding hydrogens is 789 g/mol. The lowest BCUT2D eigenvalue weighted by atomic mass is 9.90. The summed E-state index contributed by atoms with van der Waals surface area (Å²) in [6.07, 6.45) is 0. The van der Waals surface area contributed by atoms with Crippen LogP contribution in [0.5, 0.6) is 0 Å². The fourth-order valence-electron chi connectivity index (χ4n) is 10.5. The van der Waals surface area contributed by atoms with Gasteiger partial charge in [0.2, 0.25) is 0 Å². The third-order valence-corrected chi connectivity index (χ3v) is 13.5. The highest BCUT2D eigenvalue weighted by molar-refractivity contribution is 6.26. The van der Waals surface area contributed by atoms with E-state index in [4.69, 9.17) is 15.0 Å². The zero-order chi connectivity index (χ0) is 42.6. The topological polar surface area (TPSA) is 43.6 Å². The van der Waals surface area contributed by atoms with Gasteiger partial charge in [-0.25, -0.2) is 15.0 Å². The predicted molar refractivity (Wildman–Crippen MR) is 272 cm³/mol. The van der Waals surface area contributed by atoms with Gasteiger partial charge in [0.25, 0.3) is 0 Å². The second-order valence-corrected chi connectivity index (χ2v) is 17.1. The molecule has 0 aliphatic rings. The summed E-state index contributed by atoms with van der Waals surface area (Å²) >= 11 is 0. The van der Waals surface area contributed by atoms with E-state index in [1.54, 1.807) is 0 Å². The molecule has 0 saturated carbocycles. The predicted octanol–water partition coefficient (Wildman–Crippen LogP) is 16.0. The maximum Gasteiger partial charge on any atom is 0.160 e. The van der Waals surface area contributed by atoms with Gasteiger partial charge < -0.3 is 4.57 Å². The summed E-state index contributed by atoms with van der Waals surface area (Å²) in [6.45, 7) is 0. The summed E-state index contributed by atoms with van der Waals surface area (Å²) in [5.41, 5.74) is 12.5. The Bertz CT molecular complexity index is 4210. The van der Waals surface area contributed by atoms with Crippen LogP contribution in [0, 0.1) is 0 Å². The minimum Gasteiger partial charge on any atom is -0.307 e. The molecule has 0 N–H and O–H groups in total. The Labute approximate surface area is 373 Å². The van der Waals surface area contributed by atoms with Crippen molar-refractivity contribution in [3.63, 3.8) is 0 Å². The van der Waals surface area contributed by atoms with Gasteiger partial charge in [-0.05, 0) is 79.2 Å². The van der Waals surface area contributed by atoms with Crippen molar-refractivity contribution in [1.29, 1.82) is 0 Å². The Morgan fingerprint density at radius 3 is 1.78 bits per heavy atom. The van der Waals surface area contributed by atoms with E-state index in [2.05, 4.69) is 223 Å². The zero-order valence-electron chi connectivity index (χ0n) is 35.1. The van der Waals surface area contributed by atoms with Crippen molar-refractivity contribution in [1.82, 2.24) is 19.5 Å². The standard InChI is InChI=1S/C61H36N4/c1-3-13-40(14-4-1)57-48-22-8-7-21-45(48)49-33-34-51-46-30-29-42(36-54(46)65(60(51)59(49)63-57)44-19-5-2-6-20-44)41-17-12-18-43(35-41)61-62-53-24-10-9-23-52(53)58(64-61)50-32-28-39-26-25-37-15-11-16-38-27-31-47(50)56(39)55(37)38/h1-36H. The Morgan fingerprint density at radius 2 is 0.938 bits per heavy atom. The highest BCUT2D eigenvalue weighted by Gasteiger charge is 2.21. The molecule has 65 heavy (non-hydrogen) atoms. The normalized spacial score (nSPS) is 12.0. The third kappa shape index (κ3) is 5.41. The van der Waals surface area contributed by atoms with E-state index < -0.39 is 0 Å². The number of benzene rings is 11. The van der Waals surface area contributed by atoms with Gasteiger partial charge in [-0.15, -0.1) is 0 Å². The first-order chi connectivity index (χ1) is 32.2. The van der Waals surface area contributed by atoms with Crippen molar-refractivity contribution in [2.75, 3.05) is 0 Å². The minimum atomic E-state index is 0.699. The minimum absolute atomic E-state index is 0.699. The quantitative estimate of drug-likeness (QED) is 0.162. The molecule has 0 radical (unpaired) electrons. The van der Waals surface area contributed by atoms with Gasteiger partial charge in [0.15, 0.2) is 5.82 Å². The van der Waals surface area contributed by atoms with Gasteiger partial charge in [0.05, 0.1) is 33.5 Å². The van der Waals surface area contributed by atoms with E-state index in [1.807, 2.05) is 0 Å². The van der Waals surface area contributed by atoms with Crippen LogP contribution in [0.1, 0.15) is 0 Å². The first kappa shape index (κ1) is 35.8. The first-order valence-electron chi connectivity index (χ1n) is 22.2. The van der Waals surface area contributed by atoms with E-state index >= 15 is 0 Å². The molecule has 14 aromatic rings. The Balaban J connectivity index is 0.966. The van der Waals surface area contributed by atoms with Crippen molar-refractivity contribution >= 4 is 86.7 Å². The summed E-state index contributed by atoms with van der Waals surface area (Å²) in [5.74, 6) is 0.699. The van der Waals surface area contributed by atoms with E-state index in [0.717, 1.165) is 83.1 Å². The monoisotopic (exact) mass is 824 g/mol. The highest BCUT2D eigenvalue weighted by Crippen LogP contribution is 2.43. The molecule has 0 bridgehead atoms. The number of hydrogen-bond acceptors (Lipinski definition) is 3. The van der Waals surface area contributed by atoms with Gasteiger partial charge in [0.1, 0.15) is 0 Å². The van der Waals surface area contributed by atoms with Crippen LogP contribution in [0.3, 0.4) is 0 Å². The average molecular weight is 825 g/mol. The molecule has 0 aliphatic carbocycles. The molecule has 0 fully saturated rings. The van der Waals surface area contributed by atoms with E-state index in [9.17, 15) is 0 Å². The van der Waals surface area contributed by atoms with Crippen LogP contribution in [0.25, 0.3) is 137 Å². The van der Waals surface area contributed by atoms with Crippen molar-refractivity contribution in [2.24, 2.45) is 0 Å². The number of para-hydroxylation sites is 2. The SMILES string of the molecule is c1ccc(-c2nc3c(ccc4c5ccc(-c6cccc(-c7nc(-c8ccc9ccc%10cccc%11ccc8c9c%10%11)c8ccccc8n7)c6)cc5n(-c5ccccc5)c43)c3ccccc23)cc1. The largest absolute Gasteiger partial charge is 0.307 e. The van der Waals surface area contributed by atoms with Gasteiger partial charge in [-0.2, -0.15) is 0 Å². The summed E-state index contributed by atoms with van der Waals surface area (Å²) in [7, 11) is 0. The molecule has 14 rings (SSSR count). The van der Waals surface area contributed by atoms with E-state index in [1.165, 1.54) is 48.5 Å². The van der Waals surface area contributed by atoms with Crippen molar-refractivity contribution < 1.29 is 0 Å². The second-order valence-electron chi connectivity index (χ2n) is 17.1. The maximum absolute atomic E-state index is 5.56. The molecular formula is C61H36N4. The smallest absolute Gasteiger partial charge is 0.160 e. The molecule has 3 aromatic heterocycles. The summed E-state index contributed by atoms with van der Waals surface area (Å²) in [4.78, 5) is 16.2. The Kier molecular flexibility index (Phi) is 7.65. The molecule has 11 aromatic carbocycles. The van der Waals surface area contributed by atoms with Crippen LogP contribution < -0.4 is 0 Å². The lowest BCUT2D eigenvalue weighted by Gasteiger charge is -2.15. The maximum atomic E-state index is 5.56. The number of hydrogen-bond donors (Lipinski definition) is 0. The van der Waals surface area contributed by atoms with Crippen LogP contribution in [-0.2, 0) is 0 Å². The summed E-state index contributed by atoms with van der Waals surface area (Å²) < 4.78 is 2.41. The van der Waals surface area contributed by atoms with Crippen LogP contribution >= 0.6 is 0 Å². The molecule has 0 spiro atoms. The second kappa shape index (κ2) is 13.9. The van der Waals surface area contributed by atoms with Crippen LogP contribution in [0.2, 0.25) is 0 Å². The summed E-state index contributed by atoms with van der Waals surface area (Å²) in [5, 5.41) is 14.4. The van der Waals surface area contributed by atoms with Crippen molar-refractivity contribution in [2.45, 2.75) is 0 Å². The molecule has 3 heterocycles. The number of aromatic nitrogens is 4. The number of fused-ring (bicyclic) bond motifs is 8. The average Bonchev–Trinajstić information content (AvgIpc) is 3.72. The van der Waals surface area contributed by atoms with E-state index in [-0.39, 0.29) is 0 Å². The molecule has 0 saturated heterocycles. The Hall–Kier alpha value is -8.73. The van der Waals surface area contributed by atoms with Crippen LogP contribution in [-0.4, -0.2) is 19.5 Å². The molecule has 0 amide bonds. The van der Waals surface area contributed by atoms with Gasteiger partial charge in [-0.3, -0.25) is 0 Å². The fourth-order valence-corrected chi connectivity index (χ4v) is 10.5. The lowest BCUT2D eigenvalue weighted by molar-refractivity contribution is 1.18. The molecule has 4 heteroatoms. The van der Waals surface area contributed by atoms with Gasteiger partial charge >= 0.3 is 0 Å². The summed E-state index contributed by atoms with van der Waals surface area (Å²) in [6, 6.07) is 78.4. The molecule has 0 aliphatic heterocycles. The molecule has 0 atom stereocenters. The molecule has 300 valence electrons. The van der Waals surface area contributed by atoms with Gasteiger partial charge in [0, 0.05) is 49.3 Å². The number of nitrogens with zero attached hydrogens (tertiary/aromatic N) is 4. The Morgan fingerprint density at radius 1 is 0.323 bits per heavy atom. The highest BCUT2D eigenvalue weighted by atomic mass is 15.0.